The molecule has 4 saturated carbocycles. The number of ketones is 1. The zero-order chi connectivity index (χ0) is 21.2. The maximum atomic E-state index is 12.7. The molecule has 5 aliphatic carbocycles. The van der Waals surface area contributed by atoms with Gasteiger partial charge in [-0.25, -0.2) is 0 Å². The first-order valence-corrected chi connectivity index (χ1v) is 11.4. The molecule has 4 bridgehead atoms. The zero-order valence-corrected chi connectivity index (χ0v) is 17.4. The van der Waals surface area contributed by atoms with E-state index in [4.69, 9.17) is 0 Å². The summed E-state index contributed by atoms with van der Waals surface area (Å²) >= 11 is 0. The minimum Gasteiger partial charge on any atom is -0.289 e. The van der Waals surface area contributed by atoms with E-state index in [0.717, 1.165) is 48.1 Å². The highest BCUT2D eigenvalue weighted by atomic mass is 16.2. The van der Waals surface area contributed by atoms with Crippen molar-refractivity contribution in [2.75, 3.05) is 0 Å². The molecule has 4 fully saturated rings. The number of hydrazine groups is 1. The summed E-state index contributed by atoms with van der Waals surface area (Å²) in [5.41, 5.74) is 8.64. The van der Waals surface area contributed by atoms with Crippen LogP contribution in [-0.2, 0) is 4.79 Å². The quantitative estimate of drug-likeness (QED) is 0.629. The number of amides is 2. The molecule has 2 aromatic carbocycles. The standard InChI is InChI=1S/C26H26N2O3/c29-23(14-26-11-15-7-16(12-26)9-17(8-15)13-26)27-28-25(31)18-5-6-20-19-3-1-2-4-21(19)24(30)22(20)10-18/h1-6,10,15-17H,7-9,11-14H2,(H,27,29)(H,28,31). The van der Waals surface area contributed by atoms with Gasteiger partial charge in [0.15, 0.2) is 5.78 Å². The monoisotopic (exact) mass is 414 g/mol. The Morgan fingerprint density at radius 1 is 0.806 bits per heavy atom. The van der Waals surface area contributed by atoms with Gasteiger partial charge in [0, 0.05) is 23.1 Å². The summed E-state index contributed by atoms with van der Waals surface area (Å²) in [6.45, 7) is 0. The van der Waals surface area contributed by atoms with Gasteiger partial charge in [0.1, 0.15) is 0 Å². The Labute approximate surface area is 181 Å². The average Bonchev–Trinajstić information content (AvgIpc) is 3.03. The molecule has 0 aromatic heterocycles. The molecule has 0 saturated heterocycles. The molecule has 2 amide bonds. The van der Waals surface area contributed by atoms with Gasteiger partial charge < -0.3 is 0 Å². The Kier molecular flexibility index (Phi) is 4.11. The van der Waals surface area contributed by atoms with Crippen LogP contribution in [0.25, 0.3) is 11.1 Å². The van der Waals surface area contributed by atoms with Crippen molar-refractivity contribution in [3.63, 3.8) is 0 Å². The fourth-order valence-electron chi connectivity index (χ4n) is 7.26. The number of nitrogens with one attached hydrogen (secondary N) is 2. The van der Waals surface area contributed by atoms with Gasteiger partial charge in [0.05, 0.1) is 0 Å². The summed E-state index contributed by atoms with van der Waals surface area (Å²) in [7, 11) is 0. The van der Waals surface area contributed by atoms with Gasteiger partial charge in [-0.2, -0.15) is 0 Å². The summed E-state index contributed by atoms with van der Waals surface area (Å²) in [4.78, 5) is 38.0. The molecule has 0 aliphatic heterocycles. The predicted molar refractivity (Wildman–Crippen MR) is 116 cm³/mol. The second-order valence-corrected chi connectivity index (χ2v) is 10.2. The van der Waals surface area contributed by atoms with Gasteiger partial charge in [-0.3, -0.25) is 25.2 Å². The van der Waals surface area contributed by atoms with E-state index < -0.39 is 5.91 Å². The molecular weight excluding hydrogens is 388 g/mol. The largest absolute Gasteiger partial charge is 0.289 e. The highest BCUT2D eigenvalue weighted by Gasteiger charge is 2.51. The van der Waals surface area contributed by atoms with Crippen LogP contribution in [0.3, 0.4) is 0 Å². The molecule has 0 atom stereocenters. The molecule has 2 N–H and O–H groups in total. The lowest BCUT2D eigenvalue weighted by Gasteiger charge is -2.56. The summed E-state index contributed by atoms with van der Waals surface area (Å²) in [5, 5.41) is 0. The van der Waals surface area contributed by atoms with Crippen LogP contribution in [0.15, 0.2) is 42.5 Å². The van der Waals surface area contributed by atoms with E-state index in [-0.39, 0.29) is 17.1 Å². The molecule has 2 aromatic rings. The first-order chi connectivity index (χ1) is 15.0. The minimum atomic E-state index is -0.398. The van der Waals surface area contributed by atoms with Crippen LogP contribution in [0, 0.1) is 23.2 Å². The summed E-state index contributed by atoms with van der Waals surface area (Å²) in [6, 6.07) is 12.6. The smallest absolute Gasteiger partial charge is 0.269 e. The third-order valence-electron chi connectivity index (χ3n) is 8.00. The zero-order valence-electron chi connectivity index (χ0n) is 17.4. The van der Waals surface area contributed by atoms with E-state index in [1.54, 1.807) is 12.1 Å². The van der Waals surface area contributed by atoms with Gasteiger partial charge in [0.25, 0.3) is 5.91 Å². The molecule has 5 heteroatoms. The van der Waals surface area contributed by atoms with Gasteiger partial charge in [0.2, 0.25) is 5.91 Å². The molecule has 0 spiro atoms. The number of carbonyl (C=O) groups excluding carboxylic acids is 3. The summed E-state index contributed by atoms with van der Waals surface area (Å²) in [6.07, 6.45) is 8.01. The van der Waals surface area contributed by atoms with Crippen LogP contribution in [-0.4, -0.2) is 17.6 Å². The Morgan fingerprint density at radius 2 is 1.42 bits per heavy atom. The predicted octanol–water partition coefficient (Wildman–Crippen LogP) is 4.27. The van der Waals surface area contributed by atoms with Gasteiger partial charge in [-0.05, 0) is 85.0 Å². The molecule has 0 heterocycles. The maximum Gasteiger partial charge on any atom is 0.269 e. The summed E-state index contributed by atoms with van der Waals surface area (Å²) in [5.74, 6) is 1.81. The molecule has 7 rings (SSSR count). The molecular formula is C26H26N2O3. The fraction of sp³-hybridized carbons (Fsp3) is 0.423. The normalized spacial score (nSPS) is 29.4. The number of hydrogen-bond donors (Lipinski definition) is 2. The van der Waals surface area contributed by atoms with Gasteiger partial charge in [-0.1, -0.05) is 30.3 Å². The minimum absolute atomic E-state index is 0.0638. The van der Waals surface area contributed by atoms with Crippen molar-refractivity contribution >= 4 is 17.6 Å². The van der Waals surface area contributed by atoms with Crippen LogP contribution in [0.5, 0.6) is 0 Å². The second-order valence-electron chi connectivity index (χ2n) is 10.2. The lowest BCUT2D eigenvalue weighted by atomic mass is 9.49. The van der Waals surface area contributed by atoms with E-state index in [0.29, 0.717) is 23.1 Å². The molecule has 158 valence electrons. The number of hydrogen-bond acceptors (Lipinski definition) is 3. The number of benzene rings is 2. The maximum absolute atomic E-state index is 12.7. The van der Waals surface area contributed by atoms with Crippen LogP contribution in [0.2, 0.25) is 0 Å². The third-order valence-corrected chi connectivity index (χ3v) is 8.00. The molecule has 5 aliphatic rings. The Morgan fingerprint density at radius 3 is 2.10 bits per heavy atom. The van der Waals surface area contributed by atoms with Gasteiger partial charge in [-0.15, -0.1) is 0 Å². The van der Waals surface area contributed by atoms with E-state index >= 15 is 0 Å². The highest BCUT2D eigenvalue weighted by molar-refractivity contribution is 6.22. The lowest BCUT2D eigenvalue weighted by Crippen LogP contribution is -2.50. The Bertz CT molecular complexity index is 1080. The Hall–Kier alpha value is -2.95. The van der Waals surface area contributed by atoms with E-state index in [2.05, 4.69) is 10.9 Å². The molecule has 5 nitrogen and oxygen atoms in total. The van der Waals surface area contributed by atoms with Crippen molar-refractivity contribution in [1.29, 1.82) is 0 Å². The van der Waals surface area contributed by atoms with E-state index in [1.165, 1.54) is 19.3 Å². The Balaban J connectivity index is 1.11. The molecule has 0 unspecified atom stereocenters. The number of fused-ring (bicyclic) bond motifs is 3. The lowest BCUT2D eigenvalue weighted by molar-refractivity contribution is -0.130. The van der Waals surface area contributed by atoms with E-state index in [1.807, 2.05) is 30.3 Å². The number of carbonyl (C=O) groups is 3. The van der Waals surface area contributed by atoms with Crippen molar-refractivity contribution < 1.29 is 14.4 Å². The SMILES string of the molecule is O=C(CC12CC3CC(CC(C3)C1)C2)NNC(=O)c1ccc2c(c1)C(=O)c1ccccc1-2. The van der Waals surface area contributed by atoms with Crippen LogP contribution >= 0.6 is 0 Å². The van der Waals surface area contributed by atoms with Gasteiger partial charge >= 0.3 is 0 Å². The first kappa shape index (κ1) is 18.8. The summed E-state index contributed by atoms with van der Waals surface area (Å²) < 4.78 is 0. The van der Waals surface area contributed by atoms with Crippen LogP contribution in [0.4, 0.5) is 0 Å². The van der Waals surface area contributed by atoms with Crippen molar-refractivity contribution in [2.45, 2.75) is 44.9 Å². The molecule has 31 heavy (non-hydrogen) atoms. The average molecular weight is 415 g/mol. The van der Waals surface area contributed by atoms with Crippen molar-refractivity contribution in [1.82, 2.24) is 10.9 Å². The van der Waals surface area contributed by atoms with Crippen molar-refractivity contribution in [3.8, 4) is 11.1 Å². The molecule has 0 radical (unpaired) electrons. The van der Waals surface area contributed by atoms with Crippen LogP contribution < -0.4 is 10.9 Å². The highest BCUT2D eigenvalue weighted by Crippen LogP contribution is 2.61. The van der Waals surface area contributed by atoms with Crippen LogP contribution in [0.1, 0.15) is 71.2 Å². The van der Waals surface area contributed by atoms with E-state index in [9.17, 15) is 14.4 Å². The fourth-order valence-corrected chi connectivity index (χ4v) is 7.26. The number of rotatable bonds is 3. The third kappa shape index (κ3) is 3.10. The second kappa shape index (κ2) is 6.78. The van der Waals surface area contributed by atoms with Crippen molar-refractivity contribution in [3.05, 3.63) is 59.2 Å². The van der Waals surface area contributed by atoms with Crippen molar-refractivity contribution in [2.24, 2.45) is 23.2 Å². The topological polar surface area (TPSA) is 75.3 Å². The first-order valence-electron chi connectivity index (χ1n) is 11.4.